The first-order valence-corrected chi connectivity index (χ1v) is 7.90. The molecular formula is C14H20N4O2S. The van der Waals surface area contributed by atoms with Crippen molar-refractivity contribution in [3.63, 3.8) is 0 Å². The Labute approximate surface area is 127 Å². The SMILES string of the molecule is CCCc1nn(C)c(NCc2ccc(CC)s2)c1[N+](=O)[O-]. The summed E-state index contributed by atoms with van der Waals surface area (Å²) in [6.45, 7) is 4.69. The minimum atomic E-state index is -0.341. The van der Waals surface area contributed by atoms with Gasteiger partial charge in [-0.25, -0.2) is 4.68 Å². The second-order valence-corrected chi connectivity index (χ2v) is 6.10. The van der Waals surface area contributed by atoms with E-state index in [1.54, 1.807) is 23.1 Å². The molecule has 1 N–H and O–H groups in total. The van der Waals surface area contributed by atoms with Crippen molar-refractivity contribution in [1.29, 1.82) is 0 Å². The van der Waals surface area contributed by atoms with Gasteiger partial charge >= 0.3 is 5.69 Å². The molecule has 2 heterocycles. The molecule has 0 aliphatic rings. The monoisotopic (exact) mass is 308 g/mol. The van der Waals surface area contributed by atoms with Crippen LogP contribution in [-0.4, -0.2) is 14.7 Å². The summed E-state index contributed by atoms with van der Waals surface area (Å²) >= 11 is 1.73. The zero-order chi connectivity index (χ0) is 15.4. The summed E-state index contributed by atoms with van der Waals surface area (Å²) in [6, 6.07) is 4.16. The molecule has 2 rings (SSSR count). The molecule has 0 aromatic carbocycles. The Kier molecular flexibility index (Phi) is 4.95. The van der Waals surface area contributed by atoms with Gasteiger partial charge in [0.05, 0.1) is 11.5 Å². The van der Waals surface area contributed by atoms with Crippen molar-refractivity contribution in [3.8, 4) is 0 Å². The standard InChI is InChI=1S/C14H20N4O2S/c1-4-6-12-13(18(19)20)14(17(3)16-12)15-9-11-8-7-10(5-2)21-11/h7-8,15H,4-6,9H2,1-3H3. The third kappa shape index (κ3) is 3.41. The van der Waals surface area contributed by atoms with E-state index in [1.807, 2.05) is 6.92 Å². The summed E-state index contributed by atoms with van der Waals surface area (Å²) < 4.78 is 1.57. The van der Waals surface area contributed by atoms with Gasteiger partial charge in [0, 0.05) is 16.8 Å². The lowest BCUT2D eigenvalue weighted by molar-refractivity contribution is -0.384. The molecule has 0 bridgehead atoms. The van der Waals surface area contributed by atoms with Crippen molar-refractivity contribution in [2.45, 2.75) is 39.7 Å². The molecule has 7 heteroatoms. The fourth-order valence-electron chi connectivity index (χ4n) is 2.24. The quantitative estimate of drug-likeness (QED) is 0.627. The van der Waals surface area contributed by atoms with Crippen LogP contribution in [0.3, 0.4) is 0 Å². The molecule has 0 fully saturated rings. The van der Waals surface area contributed by atoms with Crippen LogP contribution in [0.15, 0.2) is 12.1 Å². The van der Waals surface area contributed by atoms with Crippen molar-refractivity contribution in [3.05, 3.63) is 37.7 Å². The van der Waals surface area contributed by atoms with Gasteiger partial charge in [-0.05, 0) is 25.0 Å². The van der Waals surface area contributed by atoms with Crippen molar-refractivity contribution >= 4 is 22.8 Å². The van der Waals surface area contributed by atoms with E-state index in [0.29, 0.717) is 24.5 Å². The van der Waals surface area contributed by atoms with Crippen LogP contribution in [0.25, 0.3) is 0 Å². The predicted molar refractivity (Wildman–Crippen MR) is 84.9 cm³/mol. The number of aryl methyl sites for hydroxylation is 3. The number of hydrogen-bond donors (Lipinski definition) is 1. The zero-order valence-corrected chi connectivity index (χ0v) is 13.4. The van der Waals surface area contributed by atoms with Crippen LogP contribution < -0.4 is 5.32 Å². The summed E-state index contributed by atoms with van der Waals surface area (Å²) in [5.41, 5.74) is 0.652. The Morgan fingerprint density at radius 2 is 2.10 bits per heavy atom. The highest BCUT2D eigenvalue weighted by atomic mass is 32.1. The molecule has 114 valence electrons. The number of anilines is 1. The van der Waals surface area contributed by atoms with Gasteiger partial charge < -0.3 is 5.32 Å². The minimum absolute atomic E-state index is 0.103. The molecule has 21 heavy (non-hydrogen) atoms. The maximum absolute atomic E-state index is 11.3. The number of nitrogens with one attached hydrogen (secondary N) is 1. The van der Waals surface area contributed by atoms with E-state index in [-0.39, 0.29) is 10.6 Å². The second kappa shape index (κ2) is 6.71. The van der Waals surface area contributed by atoms with Gasteiger partial charge in [-0.3, -0.25) is 10.1 Å². The van der Waals surface area contributed by atoms with E-state index in [4.69, 9.17) is 0 Å². The Morgan fingerprint density at radius 3 is 2.67 bits per heavy atom. The molecule has 0 aliphatic heterocycles. The Morgan fingerprint density at radius 1 is 1.38 bits per heavy atom. The lowest BCUT2D eigenvalue weighted by Crippen LogP contribution is -2.05. The number of hydrogen-bond acceptors (Lipinski definition) is 5. The molecule has 0 atom stereocenters. The van der Waals surface area contributed by atoms with Crippen molar-refractivity contribution in [1.82, 2.24) is 9.78 Å². The molecule has 0 aliphatic carbocycles. The van der Waals surface area contributed by atoms with Gasteiger partial charge in [-0.15, -0.1) is 11.3 Å². The molecule has 0 radical (unpaired) electrons. The minimum Gasteiger partial charge on any atom is -0.360 e. The van der Waals surface area contributed by atoms with Crippen LogP contribution >= 0.6 is 11.3 Å². The Bertz CT molecular complexity index is 633. The third-order valence-corrected chi connectivity index (χ3v) is 4.49. The molecule has 0 saturated carbocycles. The molecule has 0 amide bonds. The van der Waals surface area contributed by atoms with Crippen LogP contribution in [0.1, 0.15) is 35.7 Å². The topological polar surface area (TPSA) is 73.0 Å². The number of nitro groups is 1. The van der Waals surface area contributed by atoms with Gasteiger partial charge in [0.1, 0.15) is 5.69 Å². The first kappa shape index (κ1) is 15.5. The van der Waals surface area contributed by atoms with E-state index in [0.717, 1.165) is 12.8 Å². The maximum Gasteiger partial charge on any atom is 0.334 e. The number of thiophene rings is 1. The summed E-state index contributed by atoms with van der Waals surface area (Å²) in [4.78, 5) is 13.4. The molecule has 0 unspecified atom stereocenters. The van der Waals surface area contributed by atoms with Gasteiger partial charge in [0.25, 0.3) is 0 Å². The first-order chi connectivity index (χ1) is 10.1. The van der Waals surface area contributed by atoms with Crippen LogP contribution in [0.5, 0.6) is 0 Å². The highest BCUT2D eigenvalue weighted by Crippen LogP contribution is 2.30. The average molecular weight is 308 g/mol. The third-order valence-electron chi connectivity index (χ3n) is 3.26. The summed E-state index contributed by atoms with van der Waals surface area (Å²) in [5.74, 6) is 0.481. The molecule has 0 saturated heterocycles. The van der Waals surface area contributed by atoms with Crippen LogP contribution in [0.2, 0.25) is 0 Å². The number of aromatic nitrogens is 2. The van der Waals surface area contributed by atoms with Crippen LogP contribution in [-0.2, 0) is 26.4 Å². The largest absolute Gasteiger partial charge is 0.360 e. The van der Waals surface area contributed by atoms with E-state index in [2.05, 4.69) is 29.5 Å². The second-order valence-electron chi connectivity index (χ2n) is 4.85. The molecule has 6 nitrogen and oxygen atoms in total. The Balaban J connectivity index is 2.20. The van der Waals surface area contributed by atoms with Crippen LogP contribution in [0.4, 0.5) is 11.5 Å². The fraction of sp³-hybridized carbons (Fsp3) is 0.500. The van der Waals surface area contributed by atoms with E-state index < -0.39 is 0 Å². The van der Waals surface area contributed by atoms with E-state index in [1.165, 1.54) is 9.75 Å². The summed E-state index contributed by atoms with van der Waals surface area (Å²) in [5, 5.41) is 18.7. The van der Waals surface area contributed by atoms with Crippen molar-refractivity contribution in [2.24, 2.45) is 7.05 Å². The van der Waals surface area contributed by atoms with E-state index in [9.17, 15) is 10.1 Å². The molecule has 2 aromatic heterocycles. The van der Waals surface area contributed by atoms with Crippen LogP contribution in [0, 0.1) is 10.1 Å². The lowest BCUT2D eigenvalue weighted by atomic mass is 10.2. The average Bonchev–Trinajstić information content (AvgIpc) is 3.01. The Hall–Kier alpha value is -1.89. The van der Waals surface area contributed by atoms with Gasteiger partial charge in [0.15, 0.2) is 0 Å². The molecule has 0 spiro atoms. The smallest absolute Gasteiger partial charge is 0.334 e. The van der Waals surface area contributed by atoms with Crippen molar-refractivity contribution < 1.29 is 4.92 Å². The maximum atomic E-state index is 11.3. The molecular weight excluding hydrogens is 288 g/mol. The predicted octanol–water partition coefficient (Wildman–Crippen LogP) is 3.52. The highest BCUT2D eigenvalue weighted by Gasteiger charge is 2.25. The lowest BCUT2D eigenvalue weighted by Gasteiger charge is -2.04. The first-order valence-electron chi connectivity index (χ1n) is 7.08. The van der Waals surface area contributed by atoms with Gasteiger partial charge in [0.2, 0.25) is 5.82 Å². The van der Waals surface area contributed by atoms with Crippen molar-refractivity contribution in [2.75, 3.05) is 5.32 Å². The van der Waals surface area contributed by atoms with Gasteiger partial charge in [-0.1, -0.05) is 20.3 Å². The highest BCUT2D eigenvalue weighted by molar-refractivity contribution is 7.12. The molecule has 2 aromatic rings. The number of rotatable bonds is 7. The normalized spacial score (nSPS) is 10.8. The van der Waals surface area contributed by atoms with E-state index >= 15 is 0 Å². The fourth-order valence-corrected chi connectivity index (χ4v) is 3.14. The number of nitrogens with zero attached hydrogens (tertiary/aromatic N) is 3. The summed E-state index contributed by atoms with van der Waals surface area (Å²) in [7, 11) is 1.74. The zero-order valence-electron chi connectivity index (χ0n) is 12.5. The van der Waals surface area contributed by atoms with Gasteiger partial charge in [-0.2, -0.15) is 5.10 Å². The summed E-state index contributed by atoms with van der Waals surface area (Å²) in [6.07, 6.45) is 2.46.